The second-order valence-corrected chi connectivity index (χ2v) is 6.21. The maximum absolute atomic E-state index is 5.27. The first-order valence-corrected chi connectivity index (χ1v) is 7.43. The van der Waals surface area contributed by atoms with Gasteiger partial charge in [-0.25, -0.2) is 4.98 Å². The molecule has 1 fully saturated rings. The van der Waals surface area contributed by atoms with Crippen molar-refractivity contribution in [1.82, 2.24) is 10.3 Å². The van der Waals surface area contributed by atoms with Crippen LogP contribution in [0.5, 0.6) is 5.75 Å². The van der Waals surface area contributed by atoms with Gasteiger partial charge in [-0.05, 0) is 32.0 Å². The van der Waals surface area contributed by atoms with Gasteiger partial charge in [-0.2, -0.15) is 0 Å². The summed E-state index contributed by atoms with van der Waals surface area (Å²) in [6.07, 6.45) is 0. The first-order chi connectivity index (χ1) is 9.15. The second kappa shape index (κ2) is 4.98. The maximum Gasteiger partial charge on any atom is 0.186 e. The van der Waals surface area contributed by atoms with E-state index in [1.807, 2.05) is 12.1 Å². The van der Waals surface area contributed by atoms with Crippen LogP contribution in [0.4, 0.5) is 5.13 Å². The minimum Gasteiger partial charge on any atom is -0.497 e. The Morgan fingerprint density at radius 1 is 1.32 bits per heavy atom. The highest BCUT2D eigenvalue weighted by molar-refractivity contribution is 7.22. The van der Waals surface area contributed by atoms with Crippen molar-refractivity contribution in [1.29, 1.82) is 0 Å². The van der Waals surface area contributed by atoms with Gasteiger partial charge in [0.1, 0.15) is 5.75 Å². The molecule has 0 aliphatic carbocycles. The molecule has 19 heavy (non-hydrogen) atoms. The normalized spacial score (nSPS) is 23.8. The predicted molar refractivity (Wildman–Crippen MR) is 80.4 cm³/mol. The zero-order valence-electron chi connectivity index (χ0n) is 11.5. The van der Waals surface area contributed by atoms with Crippen molar-refractivity contribution >= 4 is 26.7 Å². The number of fused-ring (bicyclic) bond motifs is 1. The molecule has 2 heterocycles. The molecular weight excluding hydrogens is 258 g/mol. The van der Waals surface area contributed by atoms with E-state index in [9.17, 15) is 0 Å². The fourth-order valence-corrected chi connectivity index (χ4v) is 3.65. The smallest absolute Gasteiger partial charge is 0.186 e. The van der Waals surface area contributed by atoms with Gasteiger partial charge in [-0.3, -0.25) is 0 Å². The largest absolute Gasteiger partial charge is 0.497 e. The Morgan fingerprint density at radius 2 is 2.05 bits per heavy atom. The Kier molecular flexibility index (Phi) is 3.33. The Hall–Kier alpha value is -1.33. The van der Waals surface area contributed by atoms with E-state index in [-0.39, 0.29) is 0 Å². The molecule has 0 amide bonds. The molecule has 2 aromatic rings. The SMILES string of the molecule is COc1ccc2nc(N3C[C@@H](C)N[C@@H](C)C3)sc2c1. The number of nitrogens with one attached hydrogen (secondary N) is 1. The lowest BCUT2D eigenvalue weighted by Crippen LogP contribution is -2.54. The molecule has 1 aromatic carbocycles. The van der Waals surface area contributed by atoms with Gasteiger partial charge in [0.25, 0.3) is 0 Å². The Bertz CT molecular complexity index is 573. The average Bonchev–Trinajstić information content (AvgIpc) is 2.80. The topological polar surface area (TPSA) is 37.4 Å². The van der Waals surface area contributed by atoms with Crippen LogP contribution in [0.25, 0.3) is 10.2 Å². The quantitative estimate of drug-likeness (QED) is 0.915. The number of benzene rings is 1. The van der Waals surface area contributed by atoms with Gasteiger partial charge in [-0.15, -0.1) is 0 Å². The van der Waals surface area contributed by atoms with Crippen molar-refractivity contribution in [3.05, 3.63) is 18.2 Å². The molecule has 4 nitrogen and oxygen atoms in total. The van der Waals surface area contributed by atoms with E-state index in [1.54, 1.807) is 18.4 Å². The van der Waals surface area contributed by atoms with Gasteiger partial charge in [0.05, 0.1) is 17.3 Å². The Balaban J connectivity index is 1.92. The molecule has 1 aliphatic heterocycles. The Morgan fingerprint density at radius 3 is 2.74 bits per heavy atom. The van der Waals surface area contributed by atoms with Gasteiger partial charge in [0.15, 0.2) is 5.13 Å². The summed E-state index contributed by atoms with van der Waals surface area (Å²) >= 11 is 1.74. The highest BCUT2D eigenvalue weighted by Gasteiger charge is 2.23. The van der Waals surface area contributed by atoms with Crippen LogP contribution in [0.2, 0.25) is 0 Å². The average molecular weight is 277 g/mol. The minimum absolute atomic E-state index is 0.505. The maximum atomic E-state index is 5.27. The van der Waals surface area contributed by atoms with Crippen LogP contribution >= 0.6 is 11.3 Å². The van der Waals surface area contributed by atoms with E-state index in [0.29, 0.717) is 12.1 Å². The van der Waals surface area contributed by atoms with Crippen LogP contribution in [-0.2, 0) is 0 Å². The van der Waals surface area contributed by atoms with E-state index in [2.05, 4.69) is 30.1 Å². The zero-order chi connectivity index (χ0) is 13.4. The van der Waals surface area contributed by atoms with Gasteiger partial charge in [-0.1, -0.05) is 11.3 Å². The van der Waals surface area contributed by atoms with Crippen molar-refractivity contribution in [3.8, 4) is 5.75 Å². The number of hydrogen-bond acceptors (Lipinski definition) is 5. The third-order valence-electron chi connectivity index (χ3n) is 3.41. The summed E-state index contributed by atoms with van der Waals surface area (Å²) in [5.74, 6) is 0.893. The van der Waals surface area contributed by atoms with Crippen molar-refractivity contribution in [3.63, 3.8) is 0 Å². The molecule has 1 N–H and O–H groups in total. The number of ether oxygens (including phenoxy) is 1. The van der Waals surface area contributed by atoms with E-state index in [0.717, 1.165) is 29.5 Å². The molecule has 0 spiro atoms. The Labute approximate surface area is 117 Å². The second-order valence-electron chi connectivity index (χ2n) is 5.20. The summed E-state index contributed by atoms with van der Waals surface area (Å²) in [6.45, 7) is 6.47. The molecule has 0 unspecified atom stereocenters. The minimum atomic E-state index is 0.505. The molecule has 1 saturated heterocycles. The fraction of sp³-hybridized carbons (Fsp3) is 0.500. The highest BCUT2D eigenvalue weighted by Crippen LogP contribution is 2.32. The standard InChI is InChI=1S/C14H19N3OS/c1-9-7-17(8-10(2)15-9)14-16-12-5-4-11(18-3)6-13(12)19-14/h4-6,9-10,15H,7-8H2,1-3H3/t9-,10+. The van der Waals surface area contributed by atoms with Crippen LogP contribution in [0.15, 0.2) is 18.2 Å². The molecule has 1 aliphatic rings. The first kappa shape index (κ1) is 12.7. The summed E-state index contributed by atoms with van der Waals surface area (Å²) in [7, 11) is 1.70. The van der Waals surface area contributed by atoms with E-state index in [1.165, 1.54) is 4.70 Å². The van der Waals surface area contributed by atoms with E-state index >= 15 is 0 Å². The molecule has 0 bridgehead atoms. The van der Waals surface area contributed by atoms with Crippen molar-refractivity contribution in [2.24, 2.45) is 0 Å². The number of nitrogens with zero attached hydrogens (tertiary/aromatic N) is 2. The van der Waals surface area contributed by atoms with Crippen molar-refractivity contribution < 1.29 is 4.74 Å². The number of methoxy groups -OCH3 is 1. The monoisotopic (exact) mass is 277 g/mol. The van der Waals surface area contributed by atoms with Gasteiger partial charge in [0.2, 0.25) is 0 Å². The van der Waals surface area contributed by atoms with Crippen molar-refractivity contribution in [2.45, 2.75) is 25.9 Å². The number of rotatable bonds is 2. The number of thiazole rings is 1. The van der Waals surface area contributed by atoms with Crippen LogP contribution < -0.4 is 15.0 Å². The van der Waals surface area contributed by atoms with Crippen LogP contribution in [0, 0.1) is 0 Å². The lowest BCUT2D eigenvalue weighted by atomic mass is 10.2. The predicted octanol–water partition coefficient (Wildman–Crippen LogP) is 2.49. The lowest BCUT2D eigenvalue weighted by molar-refractivity contribution is 0.407. The van der Waals surface area contributed by atoms with E-state index in [4.69, 9.17) is 9.72 Å². The summed E-state index contributed by atoms with van der Waals surface area (Å²) in [6, 6.07) is 7.07. The molecule has 2 atom stereocenters. The van der Waals surface area contributed by atoms with Crippen LogP contribution in [-0.4, -0.2) is 37.3 Å². The molecule has 5 heteroatoms. The summed E-state index contributed by atoms with van der Waals surface area (Å²) in [5, 5.41) is 4.66. The number of piperazine rings is 1. The zero-order valence-corrected chi connectivity index (χ0v) is 12.3. The third-order valence-corrected chi connectivity index (χ3v) is 4.49. The third kappa shape index (κ3) is 2.53. The molecule has 1 aromatic heterocycles. The number of anilines is 1. The van der Waals surface area contributed by atoms with Gasteiger partial charge >= 0.3 is 0 Å². The molecular formula is C14H19N3OS. The van der Waals surface area contributed by atoms with Crippen LogP contribution in [0.1, 0.15) is 13.8 Å². The summed E-state index contributed by atoms with van der Waals surface area (Å²) < 4.78 is 6.45. The number of aromatic nitrogens is 1. The molecule has 3 rings (SSSR count). The number of hydrogen-bond donors (Lipinski definition) is 1. The molecule has 0 radical (unpaired) electrons. The molecule has 102 valence electrons. The fourth-order valence-electron chi connectivity index (χ4n) is 2.64. The first-order valence-electron chi connectivity index (χ1n) is 6.61. The highest BCUT2D eigenvalue weighted by atomic mass is 32.1. The van der Waals surface area contributed by atoms with Gasteiger partial charge < -0.3 is 15.0 Å². The van der Waals surface area contributed by atoms with Crippen molar-refractivity contribution in [2.75, 3.05) is 25.1 Å². The lowest BCUT2D eigenvalue weighted by Gasteiger charge is -2.35. The summed E-state index contributed by atoms with van der Waals surface area (Å²) in [4.78, 5) is 7.12. The summed E-state index contributed by atoms with van der Waals surface area (Å²) in [5.41, 5.74) is 1.06. The van der Waals surface area contributed by atoms with E-state index < -0.39 is 0 Å². The van der Waals surface area contributed by atoms with Crippen LogP contribution in [0.3, 0.4) is 0 Å². The van der Waals surface area contributed by atoms with Gasteiger partial charge in [0, 0.05) is 25.2 Å². The molecule has 0 saturated carbocycles.